The molecular weight excluding hydrogens is 257 g/mol. The summed E-state index contributed by atoms with van der Waals surface area (Å²) in [4.78, 5) is 0. The predicted molar refractivity (Wildman–Crippen MR) is 65.5 cm³/mol. The maximum absolute atomic E-state index is 12.5. The number of alkyl halides is 3. The molecule has 0 aromatic rings. The number of ether oxygens (including phenoxy) is 1. The van der Waals surface area contributed by atoms with Gasteiger partial charge in [0.15, 0.2) is 6.10 Å². The number of rotatable bonds is 5. The van der Waals surface area contributed by atoms with Crippen molar-refractivity contribution in [3.63, 3.8) is 0 Å². The Labute approximate surface area is 112 Å². The molecule has 1 aliphatic rings. The topological polar surface area (TPSA) is 45.0 Å². The Morgan fingerprint density at radius 3 is 2.74 bits per heavy atom. The molecular formula is C13H21F3N2O. The molecule has 0 aromatic heterocycles. The average Bonchev–Trinajstić information content (AvgIpc) is 2.35. The van der Waals surface area contributed by atoms with Crippen LogP contribution in [0.4, 0.5) is 13.2 Å². The number of nitrogens with zero attached hydrogens (tertiary/aromatic N) is 1. The minimum absolute atomic E-state index is 0.323. The molecule has 0 aliphatic heterocycles. The molecule has 0 radical (unpaired) electrons. The third kappa shape index (κ3) is 4.66. The van der Waals surface area contributed by atoms with Crippen molar-refractivity contribution in [2.24, 2.45) is 0 Å². The van der Waals surface area contributed by atoms with Gasteiger partial charge in [-0.25, -0.2) is 0 Å². The highest BCUT2D eigenvalue weighted by molar-refractivity contribution is 5.10. The molecule has 1 saturated carbocycles. The van der Waals surface area contributed by atoms with Gasteiger partial charge in [-0.3, -0.25) is 5.32 Å². The highest BCUT2D eigenvalue weighted by atomic mass is 19.4. The summed E-state index contributed by atoms with van der Waals surface area (Å²) in [5, 5.41) is 12.4. The van der Waals surface area contributed by atoms with Crippen LogP contribution in [0.2, 0.25) is 0 Å². The smallest absolute Gasteiger partial charge is 0.366 e. The zero-order chi connectivity index (χ0) is 14.5. The van der Waals surface area contributed by atoms with E-state index in [2.05, 4.69) is 11.4 Å². The van der Waals surface area contributed by atoms with Gasteiger partial charge in [0, 0.05) is 6.42 Å². The van der Waals surface area contributed by atoms with E-state index in [-0.39, 0.29) is 0 Å². The SMILES string of the molecule is CCCNC1(C#N)CCCC(OC(C)C(F)(F)F)C1. The van der Waals surface area contributed by atoms with E-state index in [0.717, 1.165) is 13.3 Å². The van der Waals surface area contributed by atoms with Gasteiger partial charge in [0.05, 0.1) is 12.2 Å². The molecule has 0 bridgehead atoms. The van der Waals surface area contributed by atoms with Crippen LogP contribution in [0.3, 0.4) is 0 Å². The van der Waals surface area contributed by atoms with Crippen LogP contribution in [0.5, 0.6) is 0 Å². The Balaban J connectivity index is 2.61. The first-order valence-corrected chi connectivity index (χ1v) is 6.71. The summed E-state index contributed by atoms with van der Waals surface area (Å²) >= 11 is 0. The fourth-order valence-corrected chi connectivity index (χ4v) is 2.37. The summed E-state index contributed by atoms with van der Waals surface area (Å²) in [6, 6.07) is 2.22. The Hall–Kier alpha value is -0.800. The number of hydrogen-bond acceptors (Lipinski definition) is 3. The van der Waals surface area contributed by atoms with Crippen LogP contribution in [0.25, 0.3) is 0 Å². The minimum Gasteiger partial charge on any atom is -0.366 e. The lowest BCUT2D eigenvalue weighted by molar-refractivity contribution is -0.230. The Morgan fingerprint density at radius 1 is 1.53 bits per heavy atom. The van der Waals surface area contributed by atoms with E-state index >= 15 is 0 Å². The lowest BCUT2D eigenvalue weighted by atomic mass is 9.81. The monoisotopic (exact) mass is 278 g/mol. The van der Waals surface area contributed by atoms with Gasteiger partial charge in [0.25, 0.3) is 0 Å². The molecule has 110 valence electrons. The van der Waals surface area contributed by atoms with Gasteiger partial charge in [0.2, 0.25) is 0 Å². The van der Waals surface area contributed by atoms with E-state index in [0.29, 0.717) is 32.2 Å². The minimum atomic E-state index is -4.34. The molecule has 0 amide bonds. The van der Waals surface area contributed by atoms with Gasteiger partial charge in [0.1, 0.15) is 5.54 Å². The molecule has 3 unspecified atom stereocenters. The van der Waals surface area contributed by atoms with Gasteiger partial charge >= 0.3 is 6.18 Å². The molecule has 0 aromatic carbocycles. The zero-order valence-corrected chi connectivity index (χ0v) is 11.4. The van der Waals surface area contributed by atoms with E-state index in [1.807, 2.05) is 6.92 Å². The highest BCUT2D eigenvalue weighted by Gasteiger charge is 2.42. The quantitative estimate of drug-likeness (QED) is 0.840. The van der Waals surface area contributed by atoms with Gasteiger partial charge in [-0.2, -0.15) is 18.4 Å². The maximum atomic E-state index is 12.5. The molecule has 0 spiro atoms. The van der Waals surface area contributed by atoms with Crippen LogP contribution in [-0.4, -0.2) is 30.5 Å². The second-order valence-corrected chi connectivity index (χ2v) is 5.16. The lowest BCUT2D eigenvalue weighted by Gasteiger charge is -2.37. The van der Waals surface area contributed by atoms with E-state index in [4.69, 9.17) is 4.74 Å². The molecule has 3 atom stereocenters. The van der Waals surface area contributed by atoms with Gasteiger partial charge in [-0.1, -0.05) is 6.92 Å². The van der Waals surface area contributed by atoms with Crippen molar-refractivity contribution in [3.05, 3.63) is 0 Å². The Kier molecular flexibility index (Phi) is 5.63. The van der Waals surface area contributed by atoms with Crippen molar-refractivity contribution in [1.82, 2.24) is 5.32 Å². The number of hydrogen-bond donors (Lipinski definition) is 1. The summed E-state index contributed by atoms with van der Waals surface area (Å²) < 4.78 is 42.5. The Bertz CT molecular complexity index is 327. The summed E-state index contributed by atoms with van der Waals surface area (Å²) in [6.07, 6.45) is -3.46. The van der Waals surface area contributed by atoms with Gasteiger partial charge < -0.3 is 4.74 Å². The van der Waals surface area contributed by atoms with E-state index in [1.54, 1.807) is 0 Å². The molecule has 1 fully saturated rings. The van der Waals surface area contributed by atoms with Crippen LogP contribution in [0.15, 0.2) is 0 Å². The van der Waals surface area contributed by atoms with Crippen LogP contribution in [0, 0.1) is 11.3 Å². The van der Waals surface area contributed by atoms with Crippen molar-refractivity contribution in [2.75, 3.05) is 6.54 Å². The second-order valence-electron chi connectivity index (χ2n) is 5.16. The van der Waals surface area contributed by atoms with Crippen LogP contribution >= 0.6 is 0 Å². The summed E-state index contributed by atoms with van der Waals surface area (Å²) in [5.41, 5.74) is -0.732. The first-order valence-electron chi connectivity index (χ1n) is 6.71. The fourth-order valence-electron chi connectivity index (χ4n) is 2.37. The summed E-state index contributed by atoms with van der Waals surface area (Å²) in [5.74, 6) is 0. The van der Waals surface area contributed by atoms with Crippen LogP contribution < -0.4 is 5.32 Å². The summed E-state index contributed by atoms with van der Waals surface area (Å²) in [6.45, 7) is 3.69. The van der Waals surface area contributed by atoms with Crippen molar-refractivity contribution < 1.29 is 17.9 Å². The van der Waals surface area contributed by atoms with Gasteiger partial charge in [-0.05, 0) is 39.2 Å². The molecule has 19 heavy (non-hydrogen) atoms. The van der Waals surface area contributed by atoms with Crippen molar-refractivity contribution >= 4 is 0 Å². The maximum Gasteiger partial charge on any atom is 0.414 e. The molecule has 0 saturated heterocycles. The van der Waals surface area contributed by atoms with E-state index in [9.17, 15) is 18.4 Å². The zero-order valence-electron chi connectivity index (χ0n) is 11.4. The molecule has 1 rings (SSSR count). The van der Waals surface area contributed by atoms with Crippen molar-refractivity contribution in [1.29, 1.82) is 5.26 Å². The highest BCUT2D eigenvalue weighted by Crippen LogP contribution is 2.33. The first kappa shape index (κ1) is 16.3. The molecule has 1 aliphatic carbocycles. The third-order valence-electron chi connectivity index (χ3n) is 3.49. The molecule has 6 heteroatoms. The van der Waals surface area contributed by atoms with Crippen molar-refractivity contribution in [2.45, 2.75) is 69.9 Å². The molecule has 1 N–H and O–H groups in total. The predicted octanol–water partition coefficient (Wildman–Crippen LogP) is 3.16. The first-order chi connectivity index (χ1) is 8.83. The van der Waals surface area contributed by atoms with Crippen LogP contribution in [0.1, 0.15) is 46.0 Å². The number of nitriles is 1. The third-order valence-corrected chi connectivity index (χ3v) is 3.49. The van der Waals surface area contributed by atoms with E-state index in [1.165, 1.54) is 0 Å². The van der Waals surface area contributed by atoms with Gasteiger partial charge in [-0.15, -0.1) is 0 Å². The standard InChI is InChI=1S/C13H21F3N2O/c1-3-7-18-12(9-17)6-4-5-11(8-12)19-10(2)13(14,15)16/h10-11,18H,3-8H2,1-2H3. The fraction of sp³-hybridized carbons (Fsp3) is 0.923. The largest absolute Gasteiger partial charge is 0.414 e. The normalized spacial score (nSPS) is 29.8. The lowest BCUT2D eigenvalue weighted by Crippen LogP contribution is -2.50. The molecule has 0 heterocycles. The Morgan fingerprint density at radius 2 is 2.21 bits per heavy atom. The average molecular weight is 278 g/mol. The van der Waals surface area contributed by atoms with E-state index < -0.39 is 23.9 Å². The second kappa shape index (κ2) is 6.58. The molecule has 3 nitrogen and oxygen atoms in total. The number of halogens is 3. The number of nitrogens with one attached hydrogen (secondary N) is 1. The van der Waals surface area contributed by atoms with Crippen molar-refractivity contribution in [3.8, 4) is 6.07 Å². The van der Waals surface area contributed by atoms with Crippen LogP contribution in [-0.2, 0) is 4.74 Å². The summed E-state index contributed by atoms with van der Waals surface area (Å²) in [7, 11) is 0.